The Hall–Kier alpha value is -1.43. The largest absolute Gasteiger partial charge is 0.489 e. The summed E-state index contributed by atoms with van der Waals surface area (Å²) in [7, 11) is 2.66. The number of benzene rings is 1. The van der Waals surface area contributed by atoms with Gasteiger partial charge in [0.1, 0.15) is 25.1 Å². The van der Waals surface area contributed by atoms with Crippen molar-refractivity contribution >= 4 is 37.1 Å². The highest BCUT2D eigenvalue weighted by Crippen LogP contribution is 2.21. The molecule has 0 bridgehead atoms. The van der Waals surface area contributed by atoms with Crippen molar-refractivity contribution in [3.05, 3.63) is 57.4 Å². The molecule has 0 aliphatic rings. The van der Waals surface area contributed by atoms with Crippen molar-refractivity contribution in [2.75, 3.05) is 19.8 Å². The van der Waals surface area contributed by atoms with E-state index < -0.39 is 6.10 Å². The summed E-state index contributed by atoms with van der Waals surface area (Å²) < 4.78 is 12.1. The summed E-state index contributed by atoms with van der Waals surface area (Å²) in [6, 6.07) is 7.90. The average Bonchev–Trinajstić information content (AvgIpc) is 3.13. The van der Waals surface area contributed by atoms with Crippen LogP contribution in [0.15, 0.2) is 37.1 Å². The molecule has 0 fully saturated rings. The number of nitriles is 1. The molecule has 0 aliphatic heterocycles. The number of H-pyrrole nitrogens is 1. The number of halogens is 1. The van der Waals surface area contributed by atoms with E-state index in [2.05, 4.69) is 69.5 Å². The summed E-state index contributed by atoms with van der Waals surface area (Å²) in [4.78, 5) is 3.24. The van der Waals surface area contributed by atoms with E-state index in [4.69, 9.17) is 14.7 Å². The fourth-order valence-electron chi connectivity index (χ4n) is 2.97. The number of aromatic amines is 1. The summed E-state index contributed by atoms with van der Waals surface area (Å²) in [5.41, 5.74) is 3.12. The van der Waals surface area contributed by atoms with E-state index in [1.54, 1.807) is 6.08 Å². The van der Waals surface area contributed by atoms with Gasteiger partial charge in [0.25, 0.3) is 0 Å². The Labute approximate surface area is 221 Å². The SMILES string of the molecule is C=CC.CC.Cc1c(CC(C)(C)NCC(O)COc2c(P)cccc2I)c[nH]c1COCC#N. The summed E-state index contributed by atoms with van der Waals surface area (Å²) >= 11 is 2.23. The number of aliphatic hydroxyl groups excluding tert-OH is 1. The number of hydrogen-bond donors (Lipinski definition) is 3. The van der Waals surface area contributed by atoms with Gasteiger partial charge in [0, 0.05) is 29.3 Å². The topological polar surface area (TPSA) is 90.3 Å². The zero-order valence-electron chi connectivity index (χ0n) is 21.4. The molecular weight excluding hydrogens is 560 g/mol. The van der Waals surface area contributed by atoms with Gasteiger partial charge < -0.3 is 24.9 Å². The molecule has 6 nitrogen and oxygen atoms in total. The van der Waals surface area contributed by atoms with Gasteiger partial charge in [0.15, 0.2) is 0 Å². The fraction of sp³-hybridized carbons (Fsp3) is 0.500. The van der Waals surface area contributed by atoms with Crippen LogP contribution in [0, 0.1) is 21.8 Å². The molecule has 0 amide bonds. The van der Waals surface area contributed by atoms with E-state index in [0.29, 0.717) is 13.2 Å². The lowest BCUT2D eigenvalue weighted by Gasteiger charge is -2.28. The minimum absolute atomic E-state index is 0.0844. The second-order valence-corrected chi connectivity index (χ2v) is 9.83. The zero-order chi connectivity index (χ0) is 26.1. The second kappa shape index (κ2) is 17.9. The van der Waals surface area contributed by atoms with Gasteiger partial charge in [0.05, 0.1) is 16.2 Å². The van der Waals surface area contributed by atoms with Crippen LogP contribution in [0.4, 0.5) is 0 Å². The minimum Gasteiger partial charge on any atom is -0.489 e. The van der Waals surface area contributed by atoms with E-state index in [9.17, 15) is 5.11 Å². The van der Waals surface area contributed by atoms with Crippen molar-refractivity contribution in [3.63, 3.8) is 0 Å². The maximum absolute atomic E-state index is 10.4. The number of para-hydroxylation sites is 1. The third kappa shape index (κ3) is 12.3. The first-order chi connectivity index (χ1) is 16.1. The highest BCUT2D eigenvalue weighted by molar-refractivity contribution is 14.1. The van der Waals surface area contributed by atoms with Gasteiger partial charge in [-0.05, 0) is 73.9 Å². The van der Waals surface area contributed by atoms with Crippen LogP contribution in [0.25, 0.3) is 0 Å². The van der Waals surface area contributed by atoms with Gasteiger partial charge in [-0.1, -0.05) is 32.1 Å². The zero-order valence-corrected chi connectivity index (χ0v) is 24.7. The minimum atomic E-state index is -0.614. The molecule has 0 aliphatic carbocycles. The number of β-amino-alcohol motifs (C(OH)–C–C–N with tert-alkyl or cyclic N) is 1. The number of allylic oxidation sites excluding steroid dienone is 1. The molecule has 0 radical (unpaired) electrons. The van der Waals surface area contributed by atoms with Gasteiger partial charge in [0.2, 0.25) is 0 Å². The van der Waals surface area contributed by atoms with Crippen molar-refractivity contribution < 1.29 is 14.6 Å². The summed E-state index contributed by atoms with van der Waals surface area (Å²) in [5.74, 6) is 0.797. The fourth-order valence-corrected chi connectivity index (χ4v) is 4.28. The molecule has 0 saturated carbocycles. The predicted molar refractivity (Wildman–Crippen MR) is 154 cm³/mol. The lowest BCUT2D eigenvalue weighted by atomic mass is 9.94. The monoisotopic (exact) mass is 601 g/mol. The average molecular weight is 602 g/mol. The number of aliphatic hydroxyl groups is 1. The van der Waals surface area contributed by atoms with Crippen LogP contribution < -0.4 is 15.4 Å². The van der Waals surface area contributed by atoms with Crippen molar-refractivity contribution in [1.29, 1.82) is 5.26 Å². The molecule has 0 saturated heterocycles. The predicted octanol–water partition coefficient (Wildman–Crippen LogP) is 5.04. The Morgan fingerprint density at radius 1 is 1.38 bits per heavy atom. The first kappa shape index (κ1) is 32.6. The van der Waals surface area contributed by atoms with Crippen LogP contribution in [0.2, 0.25) is 0 Å². The number of rotatable bonds is 11. The van der Waals surface area contributed by atoms with Gasteiger partial charge in [-0.3, -0.25) is 0 Å². The number of nitrogens with one attached hydrogen (secondary N) is 2. The molecule has 2 aromatic rings. The third-order valence-corrected chi connectivity index (χ3v) is 5.94. The Kier molecular flexibility index (Phi) is 17.2. The first-order valence-electron chi connectivity index (χ1n) is 11.4. The van der Waals surface area contributed by atoms with E-state index in [1.807, 2.05) is 51.2 Å². The van der Waals surface area contributed by atoms with E-state index >= 15 is 0 Å². The van der Waals surface area contributed by atoms with Crippen molar-refractivity contribution in [3.8, 4) is 11.8 Å². The standard InChI is InChI=1S/C21H29IN3O3P.C3H6.C2H6/c1-14-15(10-24-18(14)13-27-8-7-23)9-21(2,3)25-11-16(26)12-28-20-17(22)5-4-6-19(20)29;1-3-2;1-2/h4-6,10,16,24-26H,8-9,11-13,29H2,1-3H3;3H,1H2,2H3;1-2H3. The smallest absolute Gasteiger partial charge is 0.139 e. The number of hydrogen-bond acceptors (Lipinski definition) is 5. The lowest BCUT2D eigenvalue weighted by molar-refractivity contribution is 0.0989. The molecule has 2 rings (SSSR count). The van der Waals surface area contributed by atoms with Crippen LogP contribution >= 0.6 is 31.8 Å². The molecule has 34 heavy (non-hydrogen) atoms. The van der Waals surface area contributed by atoms with E-state index in [-0.39, 0.29) is 18.8 Å². The summed E-state index contributed by atoms with van der Waals surface area (Å²) in [6.07, 6.45) is 3.92. The molecule has 1 heterocycles. The van der Waals surface area contributed by atoms with Crippen molar-refractivity contribution in [2.24, 2.45) is 0 Å². The lowest BCUT2D eigenvalue weighted by Crippen LogP contribution is -2.46. The highest BCUT2D eigenvalue weighted by Gasteiger charge is 2.22. The molecule has 2 atom stereocenters. The van der Waals surface area contributed by atoms with Crippen LogP contribution in [0.3, 0.4) is 0 Å². The first-order valence-corrected chi connectivity index (χ1v) is 13.1. The van der Waals surface area contributed by atoms with Crippen LogP contribution in [-0.2, 0) is 17.8 Å². The number of aromatic nitrogens is 1. The molecule has 1 aromatic carbocycles. The van der Waals surface area contributed by atoms with Crippen LogP contribution in [-0.4, -0.2) is 41.5 Å². The van der Waals surface area contributed by atoms with E-state index in [1.165, 1.54) is 5.56 Å². The normalized spacial score (nSPS) is 11.3. The van der Waals surface area contributed by atoms with Gasteiger partial charge in [-0.25, -0.2) is 0 Å². The molecule has 8 heteroatoms. The van der Waals surface area contributed by atoms with Crippen LogP contribution in [0.5, 0.6) is 5.75 Å². The molecular formula is C26H41IN3O3P. The maximum Gasteiger partial charge on any atom is 0.139 e. The Morgan fingerprint density at radius 2 is 2.03 bits per heavy atom. The van der Waals surface area contributed by atoms with E-state index in [0.717, 1.165) is 32.3 Å². The molecule has 2 unspecified atom stereocenters. The Balaban J connectivity index is 0.00000201. The van der Waals surface area contributed by atoms with Gasteiger partial charge in [-0.2, -0.15) is 5.26 Å². The van der Waals surface area contributed by atoms with Gasteiger partial charge >= 0.3 is 0 Å². The summed E-state index contributed by atoms with van der Waals surface area (Å²) in [5, 5.41) is 23.4. The van der Waals surface area contributed by atoms with Gasteiger partial charge in [-0.15, -0.1) is 15.8 Å². The molecule has 190 valence electrons. The molecule has 0 spiro atoms. The second-order valence-electron chi connectivity index (χ2n) is 8.04. The number of ether oxygens (including phenoxy) is 2. The maximum atomic E-state index is 10.4. The molecule has 3 N–H and O–H groups in total. The Bertz CT molecular complexity index is 874. The molecule has 1 aromatic heterocycles. The quantitative estimate of drug-likeness (QED) is 0.145. The summed E-state index contributed by atoms with van der Waals surface area (Å²) in [6.45, 7) is 16.7. The third-order valence-electron chi connectivity index (χ3n) is 4.63. The van der Waals surface area contributed by atoms with Crippen molar-refractivity contribution in [2.45, 2.75) is 66.2 Å². The van der Waals surface area contributed by atoms with Crippen LogP contribution in [0.1, 0.15) is 51.4 Å². The highest BCUT2D eigenvalue weighted by atomic mass is 127. The van der Waals surface area contributed by atoms with Crippen molar-refractivity contribution in [1.82, 2.24) is 10.3 Å². The number of nitrogens with zero attached hydrogens (tertiary/aromatic N) is 1. The Morgan fingerprint density at radius 3 is 2.62 bits per heavy atom.